The summed E-state index contributed by atoms with van der Waals surface area (Å²) in [7, 11) is 1.72. The molecule has 1 rings (SSSR count). The van der Waals surface area contributed by atoms with Gasteiger partial charge >= 0.3 is 0 Å². The van der Waals surface area contributed by atoms with Gasteiger partial charge in [0.25, 0.3) is 0 Å². The third-order valence-electron chi connectivity index (χ3n) is 2.69. The van der Waals surface area contributed by atoms with E-state index < -0.39 is 0 Å². The lowest BCUT2D eigenvalue weighted by Crippen LogP contribution is -2.15. The number of nitrogens with zero attached hydrogens (tertiary/aromatic N) is 2. The van der Waals surface area contributed by atoms with E-state index in [2.05, 4.69) is 28.0 Å². The molecule has 1 atom stereocenters. The number of methoxy groups -OCH3 is 1. The van der Waals surface area contributed by atoms with Crippen LogP contribution < -0.4 is 5.32 Å². The third kappa shape index (κ3) is 4.66. The molecule has 1 aromatic heterocycles. The van der Waals surface area contributed by atoms with Crippen molar-refractivity contribution in [2.75, 3.05) is 38.8 Å². The molecule has 0 fully saturated rings. The molecule has 0 aromatic carbocycles. The Bertz CT molecular complexity index is 339. The van der Waals surface area contributed by atoms with E-state index in [1.807, 2.05) is 13.8 Å². The highest BCUT2D eigenvalue weighted by molar-refractivity contribution is 5.29. The zero-order valence-electron chi connectivity index (χ0n) is 11.9. The number of rotatable bonds is 9. The highest BCUT2D eigenvalue weighted by atomic mass is 16.5. The Morgan fingerprint density at radius 3 is 2.94 bits per heavy atom. The van der Waals surface area contributed by atoms with Crippen molar-refractivity contribution in [2.24, 2.45) is 0 Å². The monoisotopic (exact) mass is 255 g/mol. The molecule has 1 aromatic rings. The van der Waals surface area contributed by atoms with Crippen molar-refractivity contribution >= 4 is 5.95 Å². The van der Waals surface area contributed by atoms with Crippen LogP contribution in [0.1, 0.15) is 32.0 Å². The molecule has 5 heteroatoms. The van der Waals surface area contributed by atoms with Gasteiger partial charge in [0, 0.05) is 33.1 Å². The predicted octanol–water partition coefficient (Wildman–Crippen LogP) is 2.24. The lowest BCUT2D eigenvalue weighted by molar-refractivity contribution is 0.147. The summed E-state index contributed by atoms with van der Waals surface area (Å²) in [6, 6.07) is 0.283. The van der Waals surface area contributed by atoms with Gasteiger partial charge in [-0.15, -0.1) is 0 Å². The first-order valence-electron chi connectivity index (χ1n) is 6.55. The number of nitrogens with one attached hydrogen (secondary N) is 1. The highest BCUT2D eigenvalue weighted by Gasteiger charge is 2.11. The van der Waals surface area contributed by atoms with Crippen molar-refractivity contribution < 1.29 is 9.47 Å². The van der Waals surface area contributed by atoms with E-state index >= 15 is 0 Å². The minimum Gasteiger partial charge on any atom is -0.383 e. The predicted molar refractivity (Wildman–Crippen MR) is 73.2 cm³/mol. The van der Waals surface area contributed by atoms with E-state index in [1.54, 1.807) is 7.11 Å². The zero-order valence-corrected chi connectivity index (χ0v) is 11.9. The van der Waals surface area contributed by atoms with Crippen molar-refractivity contribution in [3.05, 3.63) is 11.9 Å². The fourth-order valence-electron chi connectivity index (χ4n) is 1.82. The Hall–Kier alpha value is -1.07. The third-order valence-corrected chi connectivity index (χ3v) is 2.69. The van der Waals surface area contributed by atoms with Crippen LogP contribution in [-0.4, -0.2) is 43.0 Å². The van der Waals surface area contributed by atoms with Gasteiger partial charge in [0.05, 0.1) is 18.3 Å². The van der Waals surface area contributed by atoms with Crippen molar-refractivity contribution in [1.82, 2.24) is 9.55 Å². The van der Waals surface area contributed by atoms with Crippen LogP contribution in [0.15, 0.2) is 6.20 Å². The molecule has 104 valence electrons. The summed E-state index contributed by atoms with van der Waals surface area (Å²) in [4.78, 5) is 4.49. The number of hydrogen-bond acceptors (Lipinski definition) is 4. The average molecular weight is 255 g/mol. The number of anilines is 1. The lowest BCUT2D eigenvalue weighted by Gasteiger charge is -2.16. The maximum Gasteiger partial charge on any atom is 0.203 e. The number of hydrogen-bond donors (Lipinski definition) is 1. The van der Waals surface area contributed by atoms with Gasteiger partial charge in [-0.25, -0.2) is 4.98 Å². The Balaban J connectivity index is 2.48. The molecule has 0 saturated heterocycles. The molecule has 1 N–H and O–H groups in total. The van der Waals surface area contributed by atoms with E-state index in [9.17, 15) is 0 Å². The number of ether oxygens (including phenoxy) is 2. The van der Waals surface area contributed by atoms with Crippen LogP contribution in [-0.2, 0) is 9.47 Å². The van der Waals surface area contributed by atoms with E-state index in [1.165, 1.54) is 0 Å². The van der Waals surface area contributed by atoms with Crippen molar-refractivity contribution in [3.63, 3.8) is 0 Å². The van der Waals surface area contributed by atoms with Crippen molar-refractivity contribution in [1.29, 1.82) is 0 Å². The van der Waals surface area contributed by atoms with Crippen LogP contribution in [0.3, 0.4) is 0 Å². The van der Waals surface area contributed by atoms with Gasteiger partial charge in [0.15, 0.2) is 0 Å². The molecule has 0 aliphatic rings. The normalized spacial score (nSPS) is 12.7. The number of imidazole rings is 1. The maximum atomic E-state index is 5.31. The molecule has 0 spiro atoms. The van der Waals surface area contributed by atoms with Crippen LogP contribution in [0.25, 0.3) is 0 Å². The van der Waals surface area contributed by atoms with Gasteiger partial charge in [-0.2, -0.15) is 0 Å². The number of aromatic nitrogens is 2. The van der Waals surface area contributed by atoms with Gasteiger partial charge < -0.3 is 19.4 Å². The molecule has 5 nitrogen and oxygen atoms in total. The second kappa shape index (κ2) is 8.11. The quantitative estimate of drug-likeness (QED) is 0.687. The molecule has 0 radical (unpaired) electrons. The fraction of sp³-hybridized carbons (Fsp3) is 0.769. The summed E-state index contributed by atoms with van der Waals surface area (Å²) in [6.45, 7) is 9.25. The van der Waals surface area contributed by atoms with Crippen LogP contribution in [0, 0.1) is 6.92 Å². The first-order chi connectivity index (χ1) is 8.69. The second-order valence-corrected chi connectivity index (χ2v) is 4.39. The van der Waals surface area contributed by atoms with E-state index in [0.29, 0.717) is 6.61 Å². The largest absolute Gasteiger partial charge is 0.383 e. The van der Waals surface area contributed by atoms with Gasteiger partial charge in [-0.05, 0) is 27.2 Å². The summed E-state index contributed by atoms with van der Waals surface area (Å²) in [5.41, 5.74) is 1.02. The van der Waals surface area contributed by atoms with Crippen LogP contribution in [0.2, 0.25) is 0 Å². The molecular formula is C13H25N3O2. The van der Waals surface area contributed by atoms with Crippen molar-refractivity contribution in [2.45, 2.75) is 33.2 Å². The molecule has 0 amide bonds. The topological polar surface area (TPSA) is 48.3 Å². The van der Waals surface area contributed by atoms with Crippen LogP contribution in [0.4, 0.5) is 5.95 Å². The lowest BCUT2D eigenvalue weighted by atomic mass is 10.3. The average Bonchev–Trinajstić information content (AvgIpc) is 2.71. The molecule has 0 saturated carbocycles. The smallest absolute Gasteiger partial charge is 0.203 e. The maximum absolute atomic E-state index is 5.31. The molecule has 18 heavy (non-hydrogen) atoms. The Kier molecular flexibility index (Phi) is 6.75. The Labute approximate surface area is 109 Å². The summed E-state index contributed by atoms with van der Waals surface area (Å²) in [5, 5.41) is 3.35. The standard InChI is InChI=1S/C13H25N3O2/c1-5-18-8-6-7-14-13-15-11(2)9-16(13)12(3)10-17-4/h9,12H,5-8,10H2,1-4H3,(H,14,15). The van der Waals surface area contributed by atoms with Gasteiger partial charge in [-0.1, -0.05) is 0 Å². The van der Waals surface area contributed by atoms with E-state index in [-0.39, 0.29) is 6.04 Å². The second-order valence-electron chi connectivity index (χ2n) is 4.39. The van der Waals surface area contributed by atoms with E-state index in [0.717, 1.165) is 37.8 Å². The Morgan fingerprint density at radius 1 is 1.50 bits per heavy atom. The first-order valence-corrected chi connectivity index (χ1v) is 6.55. The molecular weight excluding hydrogens is 230 g/mol. The number of aryl methyl sites for hydroxylation is 1. The first kappa shape index (κ1) is 15.0. The summed E-state index contributed by atoms with van der Waals surface area (Å²) in [6.07, 6.45) is 3.03. The zero-order chi connectivity index (χ0) is 13.4. The molecule has 0 aliphatic heterocycles. The minimum absolute atomic E-state index is 0.283. The summed E-state index contributed by atoms with van der Waals surface area (Å²) >= 11 is 0. The molecule has 1 unspecified atom stereocenters. The molecule has 1 heterocycles. The van der Waals surface area contributed by atoms with Gasteiger partial charge in [-0.3, -0.25) is 0 Å². The van der Waals surface area contributed by atoms with Crippen molar-refractivity contribution in [3.8, 4) is 0 Å². The van der Waals surface area contributed by atoms with E-state index in [4.69, 9.17) is 9.47 Å². The Morgan fingerprint density at radius 2 is 2.28 bits per heavy atom. The van der Waals surface area contributed by atoms with Crippen LogP contribution >= 0.6 is 0 Å². The SMILES string of the molecule is CCOCCCNc1nc(C)cn1C(C)COC. The van der Waals surface area contributed by atoms with Gasteiger partial charge in [0.2, 0.25) is 5.95 Å². The minimum atomic E-state index is 0.283. The summed E-state index contributed by atoms with van der Waals surface area (Å²) < 4.78 is 12.6. The fourth-order valence-corrected chi connectivity index (χ4v) is 1.82. The van der Waals surface area contributed by atoms with Crippen LogP contribution in [0.5, 0.6) is 0 Å². The van der Waals surface area contributed by atoms with Gasteiger partial charge in [0.1, 0.15) is 0 Å². The summed E-state index contributed by atoms with van der Waals surface area (Å²) in [5.74, 6) is 0.911. The highest BCUT2D eigenvalue weighted by Crippen LogP contribution is 2.16. The molecule has 0 bridgehead atoms. The molecule has 0 aliphatic carbocycles.